The molecule has 166 valence electrons. The Morgan fingerprint density at radius 1 is 1.16 bits per heavy atom. The van der Waals surface area contributed by atoms with Crippen molar-refractivity contribution in [2.24, 2.45) is 11.1 Å². The Labute approximate surface area is 190 Å². The average Bonchev–Trinajstić information content (AvgIpc) is 3.27. The van der Waals surface area contributed by atoms with Crippen LogP contribution < -0.4 is 5.14 Å². The lowest BCUT2D eigenvalue weighted by Gasteiger charge is -2.14. The summed E-state index contributed by atoms with van der Waals surface area (Å²) < 4.78 is 28.8. The van der Waals surface area contributed by atoms with Gasteiger partial charge in [0.2, 0.25) is 0 Å². The van der Waals surface area contributed by atoms with E-state index in [9.17, 15) is 13.5 Å². The first-order valence-corrected chi connectivity index (χ1v) is 12.0. The van der Waals surface area contributed by atoms with Crippen molar-refractivity contribution in [2.45, 2.75) is 37.8 Å². The van der Waals surface area contributed by atoms with Gasteiger partial charge in [0.05, 0.1) is 18.4 Å². The number of halogens is 2. The molecule has 4 rings (SSSR count). The van der Waals surface area contributed by atoms with E-state index in [4.69, 9.17) is 28.3 Å². The molecule has 0 radical (unpaired) electrons. The summed E-state index contributed by atoms with van der Waals surface area (Å²) in [5, 5.41) is 17.4. The van der Waals surface area contributed by atoms with Crippen LogP contribution in [0, 0.1) is 5.92 Å². The van der Waals surface area contributed by atoms with Crippen molar-refractivity contribution in [3.05, 3.63) is 58.1 Å². The summed E-state index contributed by atoms with van der Waals surface area (Å²) in [5.41, 5.74) is 2.71. The Hall–Kier alpha value is -1.75. The lowest BCUT2D eigenvalue weighted by molar-refractivity contribution is 0.100. The Bertz CT molecular complexity index is 1180. The smallest absolute Gasteiger partial charge is 0.333 e. The summed E-state index contributed by atoms with van der Waals surface area (Å²) in [6.07, 6.45) is 5.23. The van der Waals surface area contributed by atoms with E-state index >= 15 is 0 Å². The van der Waals surface area contributed by atoms with Gasteiger partial charge >= 0.3 is 10.3 Å². The van der Waals surface area contributed by atoms with Gasteiger partial charge in [0.15, 0.2) is 0 Å². The molecule has 3 N–H and O–H groups in total. The van der Waals surface area contributed by atoms with Crippen LogP contribution in [-0.4, -0.2) is 40.8 Å². The van der Waals surface area contributed by atoms with Gasteiger partial charge < -0.3 is 9.67 Å². The molecular weight excluding hydrogens is 463 g/mol. The number of nitrogens with zero attached hydrogens (tertiary/aromatic N) is 3. The fourth-order valence-electron chi connectivity index (χ4n) is 4.20. The second kappa shape index (κ2) is 9.01. The molecule has 2 aromatic heterocycles. The second-order valence-corrected chi connectivity index (χ2v) is 9.88. The number of aromatic nitrogens is 3. The fourth-order valence-corrected chi connectivity index (χ4v) is 5.13. The fraction of sp³-hybridized carbons (Fsp3) is 0.400. The van der Waals surface area contributed by atoms with Crippen LogP contribution in [0.5, 0.6) is 0 Å². The third-order valence-electron chi connectivity index (χ3n) is 5.64. The molecular formula is C20H22Cl2N4O4S. The van der Waals surface area contributed by atoms with Gasteiger partial charge in [0, 0.05) is 33.6 Å². The van der Waals surface area contributed by atoms with Gasteiger partial charge in [-0.05, 0) is 55.5 Å². The van der Waals surface area contributed by atoms with Crippen LogP contribution >= 0.6 is 23.2 Å². The molecule has 1 aliphatic carbocycles. The van der Waals surface area contributed by atoms with Crippen LogP contribution in [-0.2, 0) is 27.3 Å². The third kappa shape index (κ3) is 5.36. The van der Waals surface area contributed by atoms with Gasteiger partial charge in [0.25, 0.3) is 0 Å². The zero-order valence-corrected chi connectivity index (χ0v) is 18.8. The number of nitrogens with two attached hydrogens (primary N) is 1. The minimum absolute atomic E-state index is 0.0314. The molecule has 2 heterocycles. The lowest BCUT2D eigenvalue weighted by Crippen LogP contribution is -2.24. The van der Waals surface area contributed by atoms with Crippen molar-refractivity contribution in [3.8, 4) is 0 Å². The zero-order valence-electron chi connectivity index (χ0n) is 16.5. The standard InChI is InChI=1S/C20H22Cl2N4O4S/c21-14-5-12(6-15(22)8-14)1-2-18-17-3-4-26(20(17)25-11-24-18)16-7-13(19(27)9-16)10-30-31(23,28)29/h3-6,8,11,13,16,19,27H,1-2,7,9-10H2,(H2,23,28,29)/t13-,16+,19-/m0/s1. The van der Waals surface area contributed by atoms with Gasteiger partial charge in [-0.2, -0.15) is 8.42 Å². The normalized spacial score (nSPS) is 21.7. The van der Waals surface area contributed by atoms with Gasteiger partial charge in [0.1, 0.15) is 12.0 Å². The van der Waals surface area contributed by atoms with E-state index in [1.165, 1.54) is 6.33 Å². The number of benzene rings is 1. The Morgan fingerprint density at radius 3 is 2.61 bits per heavy atom. The molecule has 0 amide bonds. The predicted octanol–water partition coefficient (Wildman–Crippen LogP) is 3.06. The molecule has 1 aromatic carbocycles. The molecule has 1 aliphatic rings. The molecule has 11 heteroatoms. The molecule has 1 fully saturated rings. The van der Waals surface area contributed by atoms with Crippen molar-refractivity contribution >= 4 is 44.5 Å². The van der Waals surface area contributed by atoms with E-state index in [1.54, 1.807) is 6.07 Å². The minimum atomic E-state index is -4.04. The van der Waals surface area contributed by atoms with Gasteiger partial charge in [-0.25, -0.2) is 15.1 Å². The quantitative estimate of drug-likeness (QED) is 0.531. The summed E-state index contributed by atoms with van der Waals surface area (Å²) in [7, 11) is -4.04. The van der Waals surface area contributed by atoms with Crippen molar-refractivity contribution in [2.75, 3.05) is 6.61 Å². The Balaban J connectivity index is 1.51. The van der Waals surface area contributed by atoms with Gasteiger partial charge in [-0.3, -0.25) is 4.18 Å². The SMILES string of the molecule is NS(=O)(=O)OC[C@@H]1C[C@@H](n2ccc3c(CCc4cc(Cl)cc(Cl)c4)ncnc32)C[C@@H]1O. The van der Waals surface area contributed by atoms with E-state index in [-0.39, 0.29) is 18.6 Å². The molecule has 0 spiro atoms. The molecule has 1 saturated carbocycles. The van der Waals surface area contributed by atoms with Gasteiger partial charge in [-0.1, -0.05) is 23.2 Å². The maximum atomic E-state index is 11.1. The molecule has 0 saturated heterocycles. The summed E-state index contributed by atoms with van der Waals surface area (Å²) in [6, 6.07) is 7.42. The maximum absolute atomic E-state index is 11.1. The summed E-state index contributed by atoms with van der Waals surface area (Å²) in [6.45, 7) is -0.141. The van der Waals surface area contributed by atoms with E-state index < -0.39 is 16.4 Å². The third-order valence-corrected chi connectivity index (χ3v) is 6.54. The van der Waals surface area contributed by atoms with Crippen LogP contribution in [0.3, 0.4) is 0 Å². The average molecular weight is 485 g/mol. The highest BCUT2D eigenvalue weighted by Crippen LogP contribution is 2.37. The molecule has 31 heavy (non-hydrogen) atoms. The number of aliphatic hydroxyl groups is 1. The summed E-state index contributed by atoms with van der Waals surface area (Å²) >= 11 is 12.2. The Kier molecular flexibility index (Phi) is 6.52. The monoisotopic (exact) mass is 484 g/mol. The lowest BCUT2D eigenvalue weighted by atomic mass is 10.1. The molecule has 3 aromatic rings. The van der Waals surface area contributed by atoms with Gasteiger partial charge in [-0.15, -0.1) is 0 Å². The summed E-state index contributed by atoms with van der Waals surface area (Å²) in [4.78, 5) is 8.90. The first kappa shape index (κ1) is 22.4. The molecule has 0 aliphatic heterocycles. The van der Waals surface area contributed by atoms with E-state index in [0.717, 1.165) is 28.7 Å². The second-order valence-electron chi connectivity index (χ2n) is 7.79. The highest BCUT2D eigenvalue weighted by molar-refractivity contribution is 7.84. The van der Waals surface area contributed by atoms with Crippen LogP contribution in [0.25, 0.3) is 11.0 Å². The molecule has 0 bridgehead atoms. The summed E-state index contributed by atoms with van der Waals surface area (Å²) in [5.74, 6) is -0.324. The number of aliphatic hydroxyl groups excluding tert-OH is 1. The number of fused-ring (bicyclic) bond motifs is 1. The first-order valence-electron chi connectivity index (χ1n) is 9.80. The number of rotatable bonds is 7. The van der Waals surface area contributed by atoms with Crippen LogP contribution in [0.1, 0.15) is 30.1 Å². The predicted molar refractivity (Wildman–Crippen MR) is 118 cm³/mol. The maximum Gasteiger partial charge on any atom is 0.333 e. The topological polar surface area (TPSA) is 120 Å². The largest absolute Gasteiger partial charge is 0.393 e. The molecule has 8 nitrogen and oxygen atoms in total. The molecule has 0 unspecified atom stereocenters. The van der Waals surface area contributed by atoms with E-state index in [1.807, 2.05) is 29.0 Å². The van der Waals surface area contributed by atoms with Crippen molar-refractivity contribution in [1.29, 1.82) is 0 Å². The van der Waals surface area contributed by atoms with Crippen molar-refractivity contribution < 1.29 is 17.7 Å². The molecule has 3 atom stereocenters. The van der Waals surface area contributed by atoms with Crippen LogP contribution in [0.2, 0.25) is 10.0 Å². The Morgan fingerprint density at radius 2 is 1.90 bits per heavy atom. The number of hydrogen-bond donors (Lipinski definition) is 2. The van der Waals surface area contributed by atoms with E-state index in [2.05, 4.69) is 14.2 Å². The first-order chi connectivity index (χ1) is 14.7. The minimum Gasteiger partial charge on any atom is -0.393 e. The van der Waals surface area contributed by atoms with Crippen molar-refractivity contribution in [1.82, 2.24) is 14.5 Å². The van der Waals surface area contributed by atoms with E-state index in [0.29, 0.717) is 29.3 Å². The van der Waals surface area contributed by atoms with Crippen molar-refractivity contribution in [3.63, 3.8) is 0 Å². The zero-order chi connectivity index (χ0) is 22.2. The number of aryl methyl sites for hydroxylation is 2. The number of hydrogen-bond acceptors (Lipinski definition) is 6. The highest BCUT2D eigenvalue weighted by atomic mass is 35.5. The highest BCUT2D eigenvalue weighted by Gasteiger charge is 2.35. The van der Waals surface area contributed by atoms with Crippen LogP contribution in [0.4, 0.5) is 0 Å². The van der Waals surface area contributed by atoms with Crippen LogP contribution in [0.15, 0.2) is 36.8 Å².